The van der Waals surface area contributed by atoms with Crippen molar-refractivity contribution in [2.24, 2.45) is 0 Å². The molecule has 19 heavy (non-hydrogen) atoms. The van der Waals surface area contributed by atoms with E-state index in [1.54, 1.807) is 13.0 Å². The highest BCUT2D eigenvalue weighted by Gasteiger charge is 2.14. The number of aromatic nitrogens is 4. The molecule has 0 aliphatic rings. The summed E-state index contributed by atoms with van der Waals surface area (Å²) in [4.78, 5) is 14.4. The molecule has 2 rings (SSSR count). The van der Waals surface area contributed by atoms with Gasteiger partial charge in [0.25, 0.3) is 5.69 Å². The maximum Gasteiger partial charge on any atom is 0.290 e. The molecule has 0 spiro atoms. The van der Waals surface area contributed by atoms with Gasteiger partial charge in [-0.2, -0.15) is 0 Å². The van der Waals surface area contributed by atoms with E-state index in [0.717, 1.165) is 17.5 Å². The molecule has 0 aromatic carbocycles. The molecule has 7 nitrogen and oxygen atoms in total. The maximum absolute atomic E-state index is 10.7. The van der Waals surface area contributed by atoms with Crippen molar-refractivity contribution in [1.82, 2.24) is 19.7 Å². The smallest absolute Gasteiger partial charge is 0.290 e. The summed E-state index contributed by atoms with van der Waals surface area (Å²) in [6, 6.07) is 1.69. The average Bonchev–Trinajstić information content (AvgIpc) is 2.69. The van der Waals surface area contributed by atoms with E-state index in [1.165, 1.54) is 18.0 Å². The molecule has 0 unspecified atom stereocenters. The average molecular weight is 279 g/mol. The Morgan fingerprint density at radius 1 is 1.42 bits per heavy atom. The van der Waals surface area contributed by atoms with Crippen LogP contribution in [0, 0.1) is 24.0 Å². The molecule has 0 saturated carbocycles. The van der Waals surface area contributed by atoms with Crippen molar-refractivity contribution >= 4 is 17.4 Å². The van der Waals surface area contributed by atoms with Gasteiger partial charge in [-0.3, -0.25) is 10.1 Å². The third kappa shape index (κ3) is 2.73. The van der Waals surface area contributed by atoms with Crippen molar-refractivity contribution in [1.29, 1.82) is 0 Å². The molecule has 0 aliphatic heterocycles. The van der Waals surface area contributed by atoms with Crippen LogP contribution in [0.25, 0.3) is 0 Å². The van der Waals surface area contributed by atoms with E-state index < -0.39 is 4.92 Å². The lowest BCUT2D eigenvalue weighted by Gasteiger charge is -2.04. The van der Waals surface area contributed by atoms with E-state index in [-0.39, 0.29) is 5.69 Å². The molecule has 2 aromatic rings. The summed E-state index contributed by atoms with van der Waals surface area (Å²) in [5.41, 5.74) is 0.610. The van der Waals surface area contributed by atoms with E-state index in [2.05, 4.69) is 15.2 Å². The Balaban J connectivity index is 2.29. The van der Waals surface area contributed by atoms with Crippen LogP contribution in [0.15, 0.2) is 22.4 Å². The van der Waals surface area contributed by atoms with Crippen molar-refractivity contribution in [3.63, 3.8) is 0 Å². The van der Waals surface area contributed by atoms with Gasteiger partial charge in [0.05, 0.1) is 4.92 Å². The minimum absolute atomic E-state index is 0.0255. The normalized spacial score (nSPS) is 10.7. The van der Waals surface area contributed by atoms with E-state index in [9.17, 15) is 10.1 Å². The van der Waals surface area contributed by atoms with Crippen LogP contribution >= 0.6 is 11.8 Å². The van der Waals surface area contributed by atoms with Gasteiger partial charge < -0.3 is 4.57 Å². The molecule has 100 valence electrons. The first kappa shape index (κ1) is 13.5. The lowest BCUT2D eigenvalue weighted by molar-refractivity contribution is -0.385. The summed E-state index contributed by atoms with van der Waals surface area (Å²) in [7, 11) is 0. The Kier molecular flexibility index (Phi) is 3.79. The largest absolute Gasteiger partial charge is 0.306 e. The summed E-state index contributed by atoms with van der Waals surface area (Å²) in [6.07, 6.45) is 1.27. The number of nitro groups is 1. The molecule has 0 atom stereocenters. The zero-order chi connectivity index (χ0) is 14.0. The fraction of sp³-hybridized carbons (Fsp3) is 0.364. The number of hydrogen-bond donors (Lipinski definition) is 0. The third-order valence-corrected chi connectivity index (χ3v) is 3.59. The summed E-state index contributed by atoms with van der Waals surface area (Å²) in [5.74, 6) is 0.837. The summed E-state index contributed by atoms with van der Waals surface area (Å²) in [6.45, 7) is 6.36. The van der Waals surface area contributed by atoms with Gasteiger partial charge in [-0.1, -0.05) is 0 Å². The molecule has 0 aliphatic carbocycles. The van der Waals surface area contributed by atoms with Crippen molar-refractivity contribution in [3.8, 4) is 0 Å². The van der Waals surface area contributed by atoms with Gasteiger partial charge in [0.15, 0.2) is 5.16 Å². The molecule has 0 bridgehead atoms. The second kappa shape index (κ2) is 5.35. The fourth-order valence-corrected chi connectivity index (χ4v) is 2.65. The molecule has 8 heteroatoms. The SMILES string of the molecule is CCn1c(C)nnc1Sc1cc(C)c([N+](=O)[O-])cn1. The van der Waals surface area contributed by atoms with Crippen LogP contribution in [0.3, 0.4) is 0 Å². The molecule has 0 fully saturated rings. The van der Waals surface area contributed by atoms with Crippen molar-refractivity contribution < 1.29 is 4.92 Å². The quantitative estimate of drug-likeness (QED) is 0.630. The Bertz CT molecular complexity index is 626. The first-order valence-corrected chi connectivity index (χ1v) is 6.53. The summed E-state index contributed by atoms with van der Waals surface area (Å²) < 4.78 is 1.96. The highest BCUT2D eigenvalue weighted by atomic mass is 32.2. The Labute approximate surface area is 114 Å². The zero-order valence-corrected chi connectivity index (χ0v) is 11.6. The predicted octanol–water partition coefficient (Wildman–Crippen LogP) is 2.37. The topological polar surface area (TPSA) is 86.7 Å². The lowest BCUT2D eigenvalue weighted by atomic mass is 10.3. The van der Waals surface area contributed by atoms with Crippen molar-refractivity contribution in [3.05, 3.63) is 33.8 Å². The Hall–Kier alpha value is -1.96. The monoisotopic (exact) mass is 279 g/mol. The predicted molar refractivity (Wildman–Crippen MR) is 70.2 cm³/mol. The molecule has 0 amide bonds. The van der Waals surface area contributed by atoms with Gasteiger partial charge >= 0.3 is 0 Å². The second-order valence-corrected chi connectivity index (χ2v) is 4.93. The molecule has 0 saturated heterocycles. The van der Waals surface area contributed by atoms with Gasteiger partial charge in [0.2, 0.25) is 0 Å². The van der Waals surface area contributed by atoms with Gasteiger partial charge in [0, 0.05) is 12.1 Å². The summed E-state index contributed by atoms with van der Waals surface area (Å²) in [5, 5.41) is 20.2. The van der Waals surface area contributed by atoms with Crippen LogP contribution in [0.5, 0.6) is 0 Å². The van der Waals surface area contributed by atoms with Gasteiger partial charge in [0.1, 0.15) is 17.0 Å². The van der Waals surface area contributed by atoms with Crippen molar-refractivity contribution in [2.75, 3.05) is 0 Å². The Morgan fingerprint density at radius 3 is 2.74 bits per heavy atom. The molecular weight excluding hydrogens is 266 g/mol. The van der Waals surface area contributed by atoms with Crippen LogP contribution in [0.2, 0.25) is 0 Å². The van der Waals surface area contributed by atoms with E-state index in [1.807, 2.05) is 18.4 Å². The number of pyridine rings is 1. The maximum atomic E-state index is 10.7. The summed E-state index contributed by atoms with van der Waals surface area (Å²) >= 11 is 1.35. The minimum Gasteiger partial charge on any atom is -0.306 e. The highest BCUT2D eigenvalue weighted by Crippen LogP contribution is 2.28. The zero-order valence-electron chi connectivity index (χ0n) is 10.8. The second-order valence-electron chi connectivity index (χ2n) is 3.94. The van der Waals surface area contributed by atoms with Crippen LogP contribution < -0.4 is 0 Å². The van der Waals surface area contributed by atoms with E-state index in [0.29, 0.717) is 10.6 Å². The number of nitrogens with zero attached hydrogens (tertiary/aromatic N) is 5. The fourth-order valence-electron chi connectivity index (χ4n) is 1.66. The minimum atomic E-state index is -0.435. The highest BCUT2D eigenvalue weighted by molar-refractivity contribution is 7.99. The standard InChI is InChI=1S/C11H13N5O2S/c1-4-15-8(3)13-14-11(15)19-10-5-7(2)9(6-12-10)16(17)18/h5-6H,4H2,1-3H3. The molecule has 0 radical (unpaired) electrons. The first-order valence-electron chi connectivity index (χ1n) is 5.71. The molecule has 0 N–H and O–H groups in total. The van der Waals surface area contributed by atoms with Crippen molar-refractivity contribution in [2.45, 2.75) is 37.5 Å². The van der Waals surface area contributed by atoms with E-state index >= 15 is 0 Å². The third-order valence-electron chi connectivity index (χ3n) is 2.67. The Morgan fingerprint density at radius 2 is 2.16 bits per heavy atom. The van der Waals surface area contributed by atoms with Crippen LogP contribution in [-0.2, 0) is 6.54 Å². The first-order chi connectivity index (χ1) is 9.02. The number of rotatable bonds is 4. The van der Waals surface area contributed by atoms with Gasteiger partial charge in [-0.25, -0.2) is 4.98 Å². The van der Waals surface area contributed by atoms with Crippen LogP contribution in [0.1, 0.15) is 18.3 Å². The van der Waals surface area contributed by atoms with Gasteiger partial charge in [-0.05, 0) is 38.6 Å². The van der Waals surface area contributed by atoms with Gasteiger partial charge in [-0.15, -0.1) is 10.2 Å². The van der Waals surface area contributed by atoms with Crippen LogP contribution in [0.4, 0.5) is 5.69 Å². The number of aryl methyl sites for hydroxylation is 2. The molecule has 2 heterocycles. The van der Waals surface area contributed by atoms with E-state index in [4.69, 9.17) is 0 Å². The van der Waals surface area contributed by atoms with Crippen LogP contribution in [-0.4, -0.2) is 24.7 Å². The lowest BCUT2D eigenvalue weighted by Crippen LogP contribution is -1.99. The number of hydrogen-bond acceptors (Lipinski definition) is 6. The molecular formula is C11H13N5O2S. The molecule has 2 aromatic heterocycles.